The number of non-ortho nitro benzene ring substituents is 1. The number of benzene rings is 2. The maximum absolute atomic E-state index is 12.4. The molecule has 2 aromatic carbocycles. The van der Waals surface area contributed by atoms with Crippen molar-refractivity contribution in [3.8, 4) is 11.5 Å². The van der Waals surface area contributed by atoms with Crippen molar-refractivity contribution in [3.05, 3.63) is 61.0 Å². The summed E-state index contributed by atoms with van der Waals surface area (Å²) in [5, 5.41) is 22.7. The predicted molar refractivity (Wildman–Crippen MR) is 122 cm³/mol. The van der Waals surface area contributed by atoms with Gasteiger partial charge in [0.05, 0.1) is 27.1 Å². The number of aryl methyl sites for hydroxylation is 1. The number of thioether (sulfide) groups is 1. The van der Waals surface area contributed by atoms with Crippen molar-refractivity contribution in [1.29, 1.82) is 0 Å². The zero-order valence-corrected chi connectivity index (χ0v) is 19.2. The fourth-order valence-electron chi connectivity index (χ4n) is 2.72. The molecule has 1 fully saturated rings. The summed E-state index contributed by atoms with van der Waals surface area (Å²) in [5.74, 6) is -0.948. The van der Waals surface area contributed by atoms with E-state index in [0.717, 1.165) is 11.8 Å². The number of halogens is 1. The molecule has 0 saturated carbocycles. The highest BCUT2D eigenvalue weighted by atomic mass is 79.9. The van der Waals surface area contributed by atoms with Crippen molar-refractivity contribution < 1.29 is 29.1 Å². The van der Waals surface area contributed by atoms with E-state index in [1.807, 2.05) is 0 Å². The van der Waals surface area contributed by atoms with E-state index in [2.05, 4.69) is 26.2 Å². The Balaban J connectivity index is 1.85. The molecule has 1 aliphatic rings. The van der Waals surface area contributed by atoms with Crippen LogP contribution >= 0.6 is 27.7 Å². The number of rotatable bonds is 7. The van der Waals surface area contributed by atoms with Crippen LogP contribution in [0.2, 0.25) is 0 Å². The van der Waals surface area contributed by atoms with Crippen LogP contribution in [-0.4, -0.2) is 40.8 Å². The molecule has 1 amide bonds. The third kappa shape index (κ3) is 5.45. The molecule has 32 heavy (non-hydrogen) atoms. The number of carbonyl (C=O) groups is 2. The van der Waals surface area contributed by atoms with E-state index in [4.69, 9.17) is 14.6 Å². The second-order valence-corrected chi connectivity index (χ2v) is 8.31. The molecule has 0 spiro atoms. The summed E-state index contributed by atoms with van der Waals surface area (Å²) in [6.45, 7) is 1.16. The topological polar surface area (TPSA) is 140 Å². The largest absolute Gasteiger partial charge is 0.493 e. The van der Waals surface area contributed by atoms with Crippen LogP contribution in [0.5, 0.6) is 11.5 Å². The van der Waals surface area contributed by atoms with E-state index in [-0.39, 0.29) is 17.3 Å². The Hall–Kier alpha value is -3.38. The normalized spacial score (nSPS) is 15.7. The molecule has 166 valence electrons. The number of aliphatic carboxylic acids is 1. The van der Waals surface area contributed by atoms with Crippen LogP contribution in [-0.2, 0) is 9.59 Å². The quantitative estimate of drug-likeness (QED) is 0.316. The zero-order valence-electron chi connectivity index (χ0n) is 16.7. The second kappa shape index (κ2) is 9.83. The summed E-state index contributed by atoms with van der Waals surface area (Å²) in [6.07, 6.45) is 1.62. The summed E-state index contributed by atoms with van der Waals surface area (Å²) >= 11 is 4.44. The number of nitrogens with one attached hydrogen (secondary N) is 1. The summed E-state index contributed by atoms with van der Waals surface area (Å²) in [7, 11) is 1.42. The molecule has 0 radical (unpaired) electrons. The van der Waals surface area contributed by atoms with Crippen molar-refractivity contribution in [2.75, 3.05) is 13.7 Å². The van der Waals surface area contributed by atoms with Gasteiger partial charge in [0.1, 0.15) is 0 Å². The van der Waals surface area contributed by atoms with Crippen LogP contribution in [0, 0.1) is 17.0 Å². The van der Waals surface area contributed by atoms with E-state index >= 15 is 0 Å². The minimum atomic E-state index is -1.13. The fraction of sp³-hybridized carbons (Fsp3) is 0.150. The summed E-state index contributed by atoms with van der Waals surface area (Å²) in [6, 6.07) is 7.55. The molecule has 0 aliphatic carbocycles. The number of methoxy groups -OCH3 is 1. The summed E-state index contributed by atoms with van der Waals surface area (Å²) < 4.78 is 11.0. The Kier molecular flexibility index (Phi) is 7.15. The number of ether oxygens (including phenoxy) is 2. The average molecular weight is 522 g/mol. The van der Waals surface area contributed by atoms with Gasteiger partial charge in [-0.1, -0.05) is 0 Å². The third-order valence-electron chi connectivity index (χ3n) is 4.15. The van der Waals surface area contributed by atoms with Gasteiger partial charge >= 0.3 is 5.97 Å². The van der Waals surface area contributed by atoms with Gasteiger partial charge in [0, 0.05) is 12.1 Å². The maximum Gasteiger partial charge on any atom is 0.341 e. The van der Waals surface area contributed by atoms with Gasteiger partial charge in [-0.2, -0.15) is 0 Å². The standard InChI is InChI=1S/C20H16BrN3O7S/c1-10-5-12(24(28)29)3-4-14(10)22-20-23-19(27)16(32-20)8-11-6-13(21)18(15(7-11)30-2)31-9-17(25)26/h3-8H,9H2,1-2H3,(H,25,26)(H,22,23,27)/b16-8+. The first-order chi connectivity index (χ1) is 15.2. The number of aliphatic imine (C=N–C) groups is 1. The SMILES string of the molecule is COc1cc(/C=C2/SC(=Nc3ccc([N+](=O)[O-])cc3C)NC2=O)cc(Br)c1OCC(=O)O. The molecule has 10 nitrogen and oxygen atoms in total. The second-order valence-electron chi connectivity index (χ2n) is 6.43. The molecule has 0 atom stereocenters. The summed E-state index contributed by atoms with van der Waals surface area (Å²) in [5.41, 5.74) is 1.68. The highest BCUT2D eigenvalue weighted by molar-refractivity contribution is 9.10. The highest BCUT2D eigenvalue weighted by Crippen LogP contribution is 2.38. The molecule has 0 unspecified atom stereocenters. The minimum absolute atomic E-state index is 0.0366. The van der Waals surface area contributed by atoms with E-state index in [0.29, 0.717) is 37.1 Å². The fourth-order valence-corrected chi connectivity index (χ4v) is 4.13. The van der Waals surface area contributed by atoms with Gasteiger partial charge in [-0.25, -0.2) is 9.79 Å². The first-order valence-corrected chi connectivity index (χ1v) is 10.6. The zero-order chi connectivity index (χ0) is 23.4. The van der Waals surface area contributed by atoms with Crippen LogP contribution in [0.3, 0.4) is 0 Å². The monoisotopic (exact) mass is 521 g/mol. The first-order valence-electron chi connectivity index (χ1n) is 8.94. The molecule has 1 aliphatic heterocycles. The van der Waals surface area contributed by atoms with Crippen molar-refractivity contribution in [1.82, 2.24) is 5.32 Å². The third-order valence-corrected chi connectivity index (χ3v) is 5.65. The Labute approximate surface area is 194 Å². The van der Waals surface area contributed by atoms with Crippen LogP contribution in [0.1, 0.15) is 11.1 Å². The van der Waals surface area contributed by atoms with E-state index < -0.39 is 17.5 Å². The predicted octanol–water partition coefficient (Wildman–Crippen LogP) is 4.03. The van der Waals surface area contributed by atoms with Crippen LogP contribution < -0.4 is 14.8 Å². The van der Waals surface area contributed by atoms with Gasteiger partial charge in [0.25, 0.3) is 11.6 Å². The Morgan fingerprint density at radius 2 is 2.12 bits per heavy atom. The van der Waals surface area contributed by atoms with Gasteiger partial charge in [0.2, 0.25) is 0 Å². The number of carbonyl (C=O) groups excluding carboxylic acids is 1. The van der Waals surface area contributed by atoms with E-state index in [1.54, 1.807) is 25.1 Å². The van der Waals surface area contributed by atoms with Gasteiger partial charge < -0.3 is 19.9 Å². The van der Waals surface area contributed by atoms with E-state index in [1.165, 1.54) is 25.3 Å². The number of hydrogen-bond donors (Lipinski definition) is 2. The van der Waals surface area contributed by atoms with Gasteiger partial charge in [-0.05, 0) is 70.0 Å². The van der Waals surface area contributed by atoms with Crippen molar-refractivity contribution >= 4 is 62.2 Å². The van der Waals surface area contributed by atoms with Crippen LogP contribution in [0.4, 0.5) is 11.4 Å². The first kappa shape index (κ1) is 23.3. The van der Waals surface area contributed by atoms with E-state index in [9.17, 15) is 19.7 Å². The molecule has 3 rings (SSSR count). The molecule has 0 aromatic heterocycles. The number of carboxylic acids is 1. The molecule has 1 heterocycles. The average Bonchev–Trinajstić information content (AvgIpc) is 3.06. The Morgan fingerprint density at radius 3 is 2.75 bits per heavy atom. The van der Waals surface area contributed by atoms with Gasteiger partial charge in [-0.15, -0.1) is 0 Å². The number of amidine groups is 1. The number of nitro benzene ring substituents is 1. The molecular weight excluding hydrogens is 506 g/mol. The minimum Gasteiger partial charge on any atom is -0.493 e. The molecule has 12 heteroatoms. The number of nitro groups is 1. The molecule has 0 bridgehead atoms. The lowest BCUT2D eigenvalue weighted by Gasteiger charge is -2.12. The van der Waals surface area contributed by atoms with Crippen LogP contribution in [0.15, 0.2) is 44.7 Å². The number of amides is 1. The van der Waals surface area contributed by atoms with Crippen LogP contribution in [0.25, 0.3) is 6.08 Å². The highest BCUT2D eigenvalue weighted by Gasteiger charge is 2.24. The Bertz CT molecular complexity index is 1180. The molecule has 1 saturated heterocycles. The number of hydrogen-bond acceptors (Lipinski definition) is 8. The Morgan fingerprint density at radius 1 is 1.38 bits per heavy atom. The maximum atomic E-state index is 12.4. The lowest BCUT2D eigenvalue weighted by Crippen LogP contribution is -2.19. The molecule has 2 N–H and O–H groups in total. The van der Waals surface area contributed by atoms with Crippen molar-refractivity contribution in [2.24, 2.45) is 4.99 Å². The molecule has 2 aromatic rings. The number of carboxylic acid groups (broad SMARTS) is 1. The lowest BCUT2D eigenvalue weighted by molar-refractivity contribution is -0.384. The van der Waals surface area contributed by atoms with Crippen molar-refractivity contribution in [2.45, 2.75) is 6.92 Å². The lowest BCUT2D eigenvalue weighted by atomic mass is 10.2. The van der Waals surface area contributed by atoms with Gasteiger partial charge in [0.15, 0.2) is 23.3 Å². The summed E-state index contributed by atoms with van der Waals surface area (Å²) in [4.78, 5) is 38.3. The van der Waals surface area contributed by atoms with Gasteiger partial charge in [-0.3, -0.25) is 14.9 Å². The smallest absolute Gasteiger partial charge is 0.341 e. The number of nitrogens with zero attached hydrogens (tertiary/aromatic N) is 2. The molecular formula is C20H16BrN3O7S. The van der Waals surface area contributed by atoms with Crippen molar-refractivity contribution in [3.63, 3.8) is 0 Å².